The van der Waals surface area contributed by atoms with Gasteiger partial charge in [0.15, 0.2) is 0 Å². The zero-order valence-electron chi connectivity index (χ0n) is 11.2. The van der Waals surface area contributed by atoms with Gasteiger partial charge in [0, 0.05) is 19.6 Å². The van der Waals surface area contributed by atoms with Crippen molar-refractivity contribution in [2.24, 2.45) is 0 Å². The molecule has 2 heterocycles. The highest BCUT2D eigenvalue weighted by Gasteiger charge is 2.40. The second kappa shape index (κ2) is 6.50. The van der Waals surface area contributed by atoms with Crippen LogP contribution in [0.25, 0.3) is 0 Å². The lowest BCUT2D eigenvalue weighted by Gasteiger charge is -2.37. The summed E-state index contributed by atoms with van der Waals surface area (Å²) in [5, 5.41) is 3.39. The van der Waals surface area contributed by atoms with Crippen LogP contribution in [-0.4, -0.2) is 62.9 Å². The maximum absolute atomic E-state index is 12.0. The first kappa shape index (κ1) is 13.8. The summed E-state index contributed by atoms with van der Waals surface area (Å²) in [6.07, 6.45) is 3.98. The number of hydrogen-bond acceptors (Lipinski definition) is 5. The zero-order chi connectivity index (χ0) is 12.8. The molecule has 2 aliphatic rings. The van der Waals surface area contributed by atoms with E-state index in [-0.39, 0.29) is 5.97 Å². The molecule has 18 heavy (non-hydrogen) atoms. The van der Waals surface area contributed by atoms with E-state index in [2.05, 4.69) is 10.2 Å². The molecule has 2 fully saturated rings. The van der Waals surface area contributed by atoms with E-state index in [9.17, 15) is 4.79 Å². The molecule has 0 aromatic carbocycles. The molecule has 0 aromatic heterocycles. The molecule has 2 saturated heterocycles. The molecule has 2 rings (SSSR count). The Hall–Kier alpha value is -0.650. The first-order valence-corrected chi connectivity index (χ1v) is 6.90. The van der Waals surface area contributed by atoms with E-state index >= 15 is 0 Å². The highest BCUT2D eigenvalue weighted by atomic mass is 16.5. The summed E-state index contributed by atoms with van der Waals surface area (Å²) >= 11 is 0. The van der Waals surface area contributed by atoms with Gasteiger partial charge in [-0.05, 0) is 32.2 Å². The van der Waals surface area contributed by atoms with Gasteiger partial charge < -0.3 is 14.8 Å². The predicted octanol–water partition coefficient (Wildman–Crippen LogP) is 0.394. The fraction of sp³-hybridized carbons (Fsp3) is 0.923. The lowest BCUT2D eigenvalue weighted by atomic mass is 9.85. The Morgan fingerprint density at radius 2 is 2.17 bits per heavy atom. The van der Waals surface area contributed by atoms with E-state index in [0.29, 0.717) is 0 Å². The van der Waals surface area contributed by atoms with Gasteiger partial charge >= 0.3 is 5.97 Å². The molecule has 1 atom stereocenters. The first-order valence-electron chi connectivity index (χ1n) is 6.90. The van der Waals surface area contributed by atoms with E-state index in [1.54, 1.807) is 0 Å². The van der Waals surface area contributed by atoms with Crippen LogP contribution in [0.1, 0.15) is 25.7 Å². The molecule has 1 unspecified atom stereocenters. The minimum absolute atomic E-state index is 0.101. The SMILES string of the molecule is COC(=O)C1(CCN2CCOCC2)CCCCN1. The third kappa shape index (κ3) is 3.22. The van der Waals surface area contributed by atoms with Crippen LogP contribution in [0, 0.1) is 0 Å². The van der Waals surface area contributed by atoms with Crippen molar-refractivity contribution in [3.8, 4) is 0 Å². The van der Waals surface area contributed by atoms with Crippen LogP contribution in [0.3, 0.4) is 0 Å². The summed E-state index contributed by atoms with van der Waals surface area (Å²) in [7, 11) is 1.48. The number of piperidine rings is 1. The maximum atomic E-state index is 12.0. The van der Waals surface area contributed by atoms with E-state index in [1.807, 2.05) is 0 Å². The molecule has 0 aromatic rings. The van der Waals surface area contributed by atoms with Gasteiger partial charge in [0.25, 0.3) is 0 Å². The number of carbonyl (C=O) groups is 1. The molecule has 5 nitrogen and oxygen atoms in total. The van der Waals surface area contributed by atoms with E-state index < -0.39 is 5.54 Å². The van der Waals surface area contributed by atoms with Crippen LogP contribution < -0.4 is 5.32 Å². The fourth-order valence-electron chi connectivity index (χ4n) is 2.83. The number of nitrogens with one attached hydrogen (secondary N) is 1. The second-order valence-electron chi connectivity index (χ2n) is 5.16. The molecule has 0 spiro atoms. The van der Waals surface area contributed by atoms with E-state index in [0.717, 1.165) is 65.1 Å². The van der Waals surface area contributed by atoms with Gasteiger partial charge in [0.05, 0.1) is 20.3 Å². The van der Waals surface area contributed by atoms with Crippen molar-refractivity contribution >= 4 is 5.97 Å². The minimum atomic E-state index is -0.453. The van der Waals surface area contributed by atoms with Crippen molar-refractivity contribution in [1.29, 1.82) is 0 Å². The minimum Gasteiger partial charge on any atom is -0.468 e. The number of ether oxygens (including phenoxy) is 2. The maximum Gasteiger partial charge on any atom is 0.326 e. The normalized spacial score (nSPS) is 30.1. The zero-order valence-corrected chi connectivity index (χ0v) is 11.2. The van der Waals surface area contributed by atoms with Crippen LogP contribution in [0.4, 0.5) is 0 Å². The van der Waals surface area contributed by atoms with Gasteiger partial charge in [-0.1, -0.05) is 0 Å². The quantitative estimate of drug-likeness (QED) is 0.738. The Morgan fingerprint density at radius 3 is 2.78 bits per heavy atom. The Labute approximate surface area is 109 Å². The Kier molecular flexibility index (Phi) is 4.97. The number of morpholine rings is 1. The van der Waals surface area contributed by atoms with Crippen molar-refractivity contribution in [1.82, 2.24) is 10.2 Å². The Balaban J connectivity index is 1.90. The lowest BCUT2D eigenvalue weighted by Crippen LogP contribution is -2.57. The van der Waals surface area contributed by atoms with Crippen LogP contribution in [0.5, 0.6) is 0 Å². The average Bonchev–Trinajstić information content (AvgIpc) is 2.46. The Morgan fingerprint density at radius 1 is 1.39 bits per heavy atom. The largest absolute Gasteiger partial charge is 0.468 e. The van der Waals surface area contributed by atoms with Crippen LogP contribution in [-0.2, 0) is 14.3 Å². The van der Waals surface area contributed by atoms with Crippen molar-refractivity contribution in [3.05, 3.63) is 0 Å². The summed E-state index contributed by atoms with van der Waals surface area (Å²) < 4.78 is 10.3. The summed E-state index contributed by atoms with van der Waals surface area (Å²) in [6, 6.07) is 0. The molecule has 0 saturated carbocycles. The fourth-order valence-corrected chi connectivity index (χ4v) is 2.83. The van der Waals surface area contributed by atoms with Crippen molar-refractivity contribution in [2.45, 2.75) is 31.2 Å². The highest BCUT2D eigenvalue weighted by molar-refractivity contribution is 5.80. The first-order chi connectivity index (χ1) is 8.77. The smallest absolute Gasteiger partial charge is 0.326 e. The summed E-state index contributed by atoms with van der Waals surface area (Å²) in [5.41, 5.74) is -0.453. The van der Waals surface area contributed by atoms with Gasteiger partial charge in [-0.15, -0.1) is 0 Å². The summed E-state index contributed by atoms with van der Waals surface area (Å²) in [6.45, 7) is 5.40. The topological polar surface area (TPSA) is 50.8 Å². The molecule has 104 valence electrons. The third-order valence-electron chi connectivity index (χ3n) is 4.03. The average molecular weight is 256 g/mol. The number of carbonyl (C=O) groups excluding carboxylic acids is 1. The molecular weight excluding hydrogens is 232 g/mol. The molecule has 1 N–H and O–H groups in total. The number of hydrogen-bond donors (Lipinski definition) is 1. The monoisotopic (exact) mass is 256 g/mol. The van der Waals surface area contributed by atoms with Crippen LogP contribution >= 0.6 is 0 Å². The van der Waals surface area contributed by atoms with Crippen molar-refractivity contribution in [2.75, 3.05) is 46.5 Å². The number of nitrogens with zero attached hydrogens (tertiary/aromatic N) is 1. The van der Waals surface area contributed by atoms with Gasteiger partial charge in [0.2, 0.25) is 0 Å². The Bertz CT molecular complexity index is 271. The van der Waals surface area contributed by atoms with Gasteiger partial charge in [0.1, 0.15) is 5.54 Å². The van der Waals surface area contributed by atoms with Gasteiger partial charge in [-0.2, -0.15) is 0 Å². The molecular formula is C13H24N2O3. The van der Waals surface area contributed by atoms with Crippen molar-refractivity contribution < 1.29 is 14.3 Å². The van der Waals surface area contributed by atoms with Crippen LogP contribution in [0.2, 0.25) is 0 Å². The molecule has 0 amide bonds. The van der Waals surface area contributed by atoms with Gasteiger partial charge in [-0.3, -0.25) is 9.69 Å². The summed E-state index contributed by atoms with van der Waals surface area (Å²) in [4.78, 5) is 14.4. The summed E-state index contributed by atoms with van der Waals surface area (Å²) in [5.74, 6) is -0.101. The number of rotatable bonds is 4. The molecule has 2 aliphatic heterocycles. The lowest BCUT2D eigenvalue weighted by molar-refractivity contribution is -0.150. The number of methoxy groups -OCH3 is 1. The van der Waals surface area contributed by atoms with E-state index in [4.69, 9.17) is 9.47 Å². The molecule has 0 radical (unpaired) electrons. The predicted molar refractivity (Wildman–Crippen MR) is 68.5 cm³/mol. The second-order valence-corrected chi connectivity index (χ2v) is 5.16. The molecule has 0 bridgehead atoms. The molecule has 0 aliphatic carbocycles. The van der Waals surface area contributed by atoms with Crippen molar-refractivity contribution in [3.63, 3.8) is 0 Å². The third-order valence-corrected chi connectivity index (χ3v) is 4.03. The van der Waals surface area contributed by atoms with Crippen LogP contribution in [0.15, 0.2) is 0 Å². The van der Waals surface area contributed by atoms with Gasteiger partial charge in [-0.25, -0.2) is 0 Å². The standard InChI is InChI=1S/C13H24N2O3/c1-17-12(16)13(4-2-3-6-14-13)5-7-15-8-10-18-11-9-15/h14H,2-11H2,1H3. The number of esters is 1. The van der Waals surface area contributed by atoms with E-state index in [1.165, 1.54) is 7.11 Å². The molecule has 5 heteroatoms. The highest BCUT2D eigenvalue weighted by Crippen LogP contribution is 2.25.